The zero-order valence-corrected chi connectivity index (χ0v) is 12.5. The highest BCUT2D eigenvalue weighted by Gasteiger charge is 2.21. The maximum atomic E-state index is 5.21. The van der Waals surface area contributed by atoms with Gasteiger partial charge in [0.2, 0.25) is 0 Å². The zero-order valence-electron chi connectivity index (χ0n) is 12.5. The molecule has 19 heavy (non-hydrogen) atoms. The SMILES string of the molecule is COc1ccc(C(C)NC2CCCCCC2C)cc1. The van der Waals surface area contributed by atoms with Gasteiger partial charge in [0.1, 0.15) is 5.75 Å². The maximum absolute atomic E-state index is 5.21. The molecule has 0 saturated heterocycles. The Balaban J connectivity index is 1.96. The molecule has 1 aromatic rings. The number of benzene rings is 1. The van der Waals surface area contributed by atoms with Crippen molar-refractivity contribution < 1.29 is 4.74 Å². The lowest BCUT2D eigenvalue weighted by atomic mass is 9.95. The van der Waals surface area contributed by atoms with E-state index in [4.69, 9.17) is 4.74 Å². The van der Waals surface area contributed by atoms with E-state index in [2.05, 4.69) is 31.3 Å². The van der Waals surface area contributed by atoms with Gasteiger partial charge in [-0.25, -0.2) is 0 Å². The van der Waals surface area contributed by atoms with E-state index in [0.29, 0.717) is 12.1 Å². The third-order valence-corrected chi connectivity index (χ3v) is 4.44. The summed E-state index contributed by atoms with van der Waals surface area (Å²) in [5.41, 5.74) is 1.34. The molecule has 1 aliphatic carbocycles. The van der Waals surface area contributed by atoms with Gasteiger partial charge in [-0.1, -0.05) is 38.3 Å². The molecule has 2 nitrogen and oxygen atoms in total. The number of rotatable bonds is 4. The van der Waals surface area contributed by atoms with Gasteiger partial charge in [0.15, 0.2) is 0 Å². The smallest absolute Gasteiger partial charge is 0.118 e. The molecule has 106 valence electrons. The minimum Gasteiger partial charge on any atom is -0.497 e. The Kier molecular flexibility index (Phi) is 5.26. The van der Waals surface area contributed by atoms with Crippen molar-refractivity contribution in [2.24, 2.45) is 5.92 Å². The first-order valence-corrected chi connectivity index (χ1v) is 7.60. The molecule has 3 atom stereocenters. The molecular weight excluding hydrogens is 234 g/mol. The monoisotopic (exact) mass is 261 g/mol. The van der Waals surface area contributed by atoms with E-state index < -0.39 is 0 Å². The van der Waals surface area contributed by atoms with Crippen LogP contribution in [-0.2, 0) is 0 Å². The Morgan fingerprint density at radius 2 is 1.79 bits per heavy atom. The number of ether oxygens (including phenoxy) is 1. The summed E-state index contributed by atoms with van der Waals surface area (Å²) in [5.74, 6) is 1.72. The molecule has 1 aromatic carbocycles. The summed E-state index contributed by atoms with van der Waals surface area (Å²) in [5, 5.41) is 3.82. The first kappa shape index (κ1) is 14.4. The van der Waals surface area contributed by atoms with Crippen molar-refractivity contribution in [2.45, 2.75) is 58.0 Å². The van der Waals surface area contributed by atoms with Crippen LogP contribution in [0.4, 0.5) is 0 Å². The average Bonchev–Trinajstić information content (AvgIpc) is 2.64. The molecule has 0 aromatic heterocycles. The van der Waals surface area contributed by atoms with Crippen LogP contribution >= 0.6 is 0 Å². The first-order valence-electron chi connectivity index (χ1n) is 7.60. The summed E-state index contributed by atoms with van der Waals surface area (Å²) in [6, 6.07) is 9.50. The van der Waals surface area contributed by atoms with Gasteiger partial charge in [-0.15, -0.1) is 0 Å². The lowest BCUT2D eigenvalue weighted by molar-refractivity contribution is 0.330. The van der Waals surface area contributed by atoms with Gasteiger partial charge in [-0.05, 0) is 43.4 Å². The van der Waals surface area contributed by atoms with Crippen LogP contribution in [0.5, 0.6) is 5.75 Å². The van der Waals surface area contributed by atoms with Gasteiger partial charge in [0, 0.05) is 12.1 Å². The van der Waals surface area contributed by atoms with E-state index in [1.807, 2.05) is 12.1 Å². The summed E-state index contributed by atoms with van der Waals surface area (Å²) >= 11 is 0. The molecule has 0 aliphatic heterocycles. The second-order valence-corrected chi connectivity index (χ2v) is 5.88. The molecule has 1 aliphatic rings. The van der Waals surface area contributed by atoms with Crippen LogP contribution in [0.15, 0.2) is 24.3 Å². The quantitative estimate of drug-likeness (QED) is 0.815. The molecule has 0 radical (unpaired) electrons. The highest BCUT2D eigenvalue weighted by atomic mass is 16.5. The average molecular weight is 261 g/mol. The third kappa shape index (κ3) is 3.97. The molecule has 2 rings (SSSR count). The van der Waals surface area contributed by atoms with E-state index in [-0.39, 0.29) is 0 Å². The second-order valence-electron chi connectivity index (χ2n) is 5.88. The van der Waals surface area contributed by atoms with Crippen molar-refractivity contribution in [2.75, 3.05) is 7.11 Å². The van der Waals surface area contributed by atoms with E-state index in [0.717, 1.165) is 11.7 Å². The highest BCUT2D eigenvalue weighted by Crippen LogP contribution is 2.26. The van der Waals surface area contributed by atoms with E-state index in [1.54, 1.807) is 7.11 Å². The second kappa shape index (κ2) is 6.95. The molecular formula is C17H27NO. The Labute approximate surface area is 117 Å². The summed E-state index contributed by atoms with van der Waals surface area (Å²) in [4.78, 5) is 0. The Morgan fingerprint density at radius 3 is 2.47 bits per heavy atom. The molecule has 1 saturated carbocycles. The van der Waals surface area contributed by atoms with Crippen molar-refractivity contribution in [3.05, 3.63) is 29.8 Å². The number of hydrogen-bond donors (Lipinski definition) is 1. The Bertz CT molecular complexity index is 373. The molecule has 0 heterocycles. The van der Waals surface area contributed by atoms with Crippen molar-refractivity contribution in [3.8, 4) is 5.75 Å². The zero-order chi connectivity index (χ0) is 13.7. The van der Waals surface area contributed by atoms with E-state index in [9.17, 15) is 0 Å². The van der Waals surface area contributed by atoms with Crippen LogP contribution in [0, 0.1) is 5.92 Å². The minimum absolute atomic E-state index is 0.413. The predicted molar refractivity (Wildman–Crippen MR) is 80.6 cm³/mol. The molecule has 1 N–H and O–H groups in total. The van der Waals surface area contributed by atoms with Gasteiger partial charge >= 0.3 is 0 Å². The normalized spacial score (nSPS) is 25.6. The van der Waals surface area contributed by atoms with Crippen molar-refractivity contribution >= 4 is 0 Å². The summed E-state index contributed by atoms with van der Waals surface area (Å²) in [6.45, 7) is 4.66. The van der Waals surface area contributed by atoms with Gasteiger partial charge in [-0.2, -0.15) is 0 Å². The number of nitrogens with one attached hydrogen (secondary N) is 1. The highest BCUT2D eigenvalue weighted by molar-refractivity contribution is 5.28. The summed E-state index contributed by atoms with van der Waals surface area (Å²) in [7, 11) is 1.71. The van der Waals surface area contributed by atoms with Crippen LogP contribution in [0.2, 0.25) is 0 Å². The minimum atomic E-state index is 0.413. The topological polar surface area (TPSA) is 21.3 Å². The molecule has 0 bridgehead atoms. The molecule has 0 amide bonds. The van der Waals surface area contributed by atoms with Crippen molar-refractivity contribution in [1.82, 2.24) is 5.32 Å². The van der Waals surface area contributed by atoms with E-state index in [1.165, 1.54) is 37.7 Å². The van der Waals surface area contributed by atoms with E-state index >= 15 is 0 Å². The lowest BCUT2D eigenvalue weighted by Crippen LogP contribution is -2.36. The molecule has 2 heteroatoms. The van der Waals surface area contributed by atoms with Crippen LogP contribution < -0.4 is 10.1 Å². The summed E-state index contributed by atoms with van der Waals surface area (Å²) in [6.07, 6.45) is 6.86. The predicted octanol–water partition coefficient (Wildman–Crippen LogP) is 4.31. The van der Waals surface area contributed by atoms with Crippen LogP contribution in [-0.4, -0.2) is 13.2 Å². The van der Waals surface area contributed by atoms with Crippen LogP contribution in [0.3, 0.4) is 0 Å². The van der Waals surface area contributed by atoms with Gasteiger partial charge in [-0.3, -0.25) is 0 Å². The van der Waals surface area contributed by atoms with Gasteiger partial charge in [0.05, 0.1) is 7.11 Å². The molecule has 1 fully saturated rings. The van der Waals surface area contributed by atoms with Gasteiger partial charge < -0.3 is 10.1 Å². The molecule has 0 spiro atoms. The molecule has 3 unspecified atom stereocenters. The lowest BCUT2D eigenvalue weighted by Gasteiger charge is -2.27. The Hall–Kier alpha value is -1.02. The van der Waals surface area contributed by atoms with Gasteiger partial charge in [0.25, 0.3) is 0 Å². The van der Waals surface area contributed by atoms with Crippen molar-refractivity contribution in [3.63, 3.8) is 0 Å². The first-order chi connectivity index (χ1) is 9.20. The van der Waals surface area contributed by atoms with Crippen LogP contribution in [0.25, 0.3) is 0 Å². The fourth-order valence-corrected chi connectivity index (χ4v) is 3.05. The summed E-state index contributed by atoms with van der Waals surface area (Å²) < 4.78 is 5.21. The van der Waals surface area contributed by atoms with Crippen LogP contribution in [0.1, 0.15) is 57.6 Å². The maximum Gasteiger partial charge on any atom is 0.118 e. The fourth-order valence-electron chi connectivity index (χ4n) is 3.05. The number of methoxy groups -OCH3 is 1. The van der Waals surface area contributed by atoms with Crippen molar-refractivity contribution in [1.29, 1.82) is 0 Å². The Morgan fingerprint density at radius 1 is 1.11 bits per heavy atom. The third-order valence-electron chi connectivity index (χ3n) is 4.44. The number of hydrogen-bond acceptors (Lipinski definition) is 2. The standard InChI is InChI=1S/C17H27NO/c1-13-7-5-4-6-8-17(13)18-14(2)15-9-11-16(19-3)12-10-15/h9-14,17-18H,4-8H2,1-3H3. The fraction of sp³-hybridized carbons (Fsp3) is 0.647. The largest absolute Gasteiger partial charge is 0.497 e.